The van der Waals surface area contributed by atoms with E-state index in [0.717, 1.165) is 46.4 Å². The fourth-order valence-electron chi connectivity index (χ4n) is 3.40. The van der Waals surface area contributed by atoms with Crippen LogP contribution in [-0.4, -0.2) is 30.4 Å². The monoisotopic (exact) mass is 419 g/mol. The van der Waals surface area contributed by atoms with Gasteiger partial charge in [0.15, 0.2) is 5.96 Å². The van der Waals surface area contributed by atoms with Crippen molar-refractivity contribution in [2.24, 2.45) is 4.99 Å². The van der Waals surface area contributed by atoms with Crippen molar-refractivity contribution in [3.8, 4) is 10.6 Å². The van der Waals surface area contributed by atoms with Gasteiger partial charge in [0.05, 0.1) is 12.2 Å². The normalized spacial score (nSPS) is 14.2. The Kier molecular flexibility index (Phi) is 6.39. The van der Waals surface area contributed by atoms with Gasteiger partial charge in [-0.05, 0) is 24.1 Å². The molecule has 0 radical (unpaired) electrons. The van der Waals surface area contributed by atoms with Crippen LogP contribution >= 0.6 is 11.3 Å². The summed E-state index contributed by atoms with van der Waals surface area (Å²) in [7, 11) is 1.76. The lowest BCUT2D eigenvalue weighted by atomic mass is 10.2. The number of guanidine groups is 1. The minimum absolute atomic E-state index is 0.211. The molecule has 3 aromatic rings. The Hall–Kier alpha value is -3.19. The number of aliphatic imine (C=N–C) groups is 1. The molecule has 0 bridgehead atoms. The molecular formula is C23H25N5OS. The molecule has 6 nitrogen and oxygen atoms in total. The Morgan fingerprint density at radius 3 is 2.57 bits per heavy atom. The van der Waals surface area contributed by atoms with Crippen LogP contribution in [0.5, 0.6) is 0 Å². The number of amides is 1. The number of hydrogen-bond donors (Lipinski definition) is 2. The lowest BCUT2D eigenvalue weighted by molar-refractivity contribution is -0.117. The predicted molar refractivity (Wildman–Crippen MR) is 123 cm³/mol. The molecule has 0 aliphatic carbocycles. The average molecular weight is 420 g/mol. The van der Waals surface area contributed by atoms with Crippen LogP contribution in [-0.2, 0) is 17.9 Å². The molecule has 1 fully saturated rings. The second-order valence-electron chi connectivity index (χ2n) is 7.10. The van der Waals surface area contributed by atoms with Crippen LogP contribution in [0.2, 0.25) is 0 Å². The van der Waals surface area contributed by atoms with Gasteiger partial charge in [0, 0.05) is 43.2 Å². The SMILES string of the molecule is CN=C(NCc1ccc(N2CCCC2=O)cc1)NCc1csc(-c2ccccc2)n1. The lowest BCUT2D eigenvalue weighted by Gasteiger charge is -2.16. The predicted octanol–water partition coefficient (Wildman–Crippen LogP) is 3.80. The lowest BCUT2D eigenvalue weighted by Crippen LogP contribution is -2.36. The maximum absolute atomic E-state index is 11.9. The first-order valence-corrected chi connectivity index (χ1v) is 10.9. The third-order valence-corrected chi connectivity index (χ3v) is 5.95. The maximum Gasteiger partial charge on any atom is 0.227 e. The summed E-state index contributed by atoms with van der Waals surface area (Å²) in [5, 5.41) is 9.73. The molecule has 1 saturated heterocycles. The molecule has 0 spiro atoms. The zero-order valence-corrected chi connectivity index (χ0v) is 17.8. The summed E-state index contributed by atoms with van der Waals surface area (Å²) in [5.41, 5.74) is 4.23. The van der Waals surface area contributed by atoms with Gasteiger partial charge in [-0.2, -0.15) is 0 Å². The zero-order valence-electron chi connectivity index (χ0n) is 17.0. The van der Waals surface area contributed by atoms with E-state index < -0.39 is 0 Å². The average Bonchev–Trinajstić information content (AvgIpc) is 3.44. The van der Waals surface area contributed by atoms with Crippen LogP contribution < -0.4 is 15.5 Å². The van der Waals surface area contributed by atoms with E-state index in [2.05, 4.69) is 33.1 Å². The largest absolute Gasteiger partial charge is 0.352 e. The topological polar surface area (TPSA) is 69.6 Å². The van der Waals surface area contributed by atoms with Gasteiger partial charge in [0.25, 0.3) is 0 Å². The van der Waals surface area contributed by atoms with Crippen molar-refractivity contribution in [1.82, 2.24) is 15.6 Å². The highest BCUT2D eigenvalue weighted by molar-refractivity contribution is 7.13. The molecule has 1 aromatic heterocycles. The van der Waals surface area contributed by atoms with E-state index in [1.807, 2.05) is 47.4 Å². The molecule has 0 saturated carbocycles. The summed E-state index contributed by atoms with van der Waals surface area (Å²) < 4.78 is 0. The van der Waals surface area contributed by atoms with E-state index in [-0.39, 0.29) is 5.91 Å². The Balaban J connectivity index is 1.28. The summed E-state index contributed by atoms with van der Waals surface area (Å²) in [6, 6.07) is 18.3. The molecule has 7 heteroatoms. The number of anilines is 1. The fraction of sp³-hybridized carbons (Fsp3) is 0.261. The Labute approximate surface area is 180 Å². The van der Waals surface area contributed by atoms with Crippen molar-refractivity contribution in [2.45, 2.75) is 25.9 Å². The highest BCUT2D eigenvalue weighted by atomic mass is 32.1. The van der Waals surface area contributed by atoms with E-state index in [9.17, 15) is 4.79 Å². The summed E-state index contributed by atoms with van der Waals surface area (Å²) >= 11 is 1.64. The number of nitrogens with zero attached hydrogens (tertiary/aromatic N) is 3. The maximum atomic E-state index is 11.9. The third kappa shape index (κ3) is 4.86. The summed E-state index contributed by atoms with van der Waals surface area (Å²) in [6.45, 7) is 2.08. The highest BCUT2D eigenvalue weighted by Gasteiger charge is 2.21. The summed E-state index contributed by atoms with van der Waals surface area (Å²) in [5.74, 6) is 0.936. The van der Waals surface area contributed by atoms with Gasteiger partial charge in [-0.25, -0.2) is 4.98 Å². The number of hydrogen-bond acceptors (Lipinski definition) is 4. The number of carbonyl (C=O) groups is 1. The Bertz CT molecular complexity index is 1010. The van der Waals surface area contributed by atoms with Crippen molar-refractivity contribution in [2.75, 3.05) is 18.5 Å². The van der Waals surface area contributed by atoms with Crippen LogP contribution in [0.1, 0.15) is 24.1 Å². The first kappa shape index (κ1) is 20.1. The first-order valence-electron chi connectivity index (χ1n) is 10.1. The quantitative estimate of drug-likeness (QED) is 0.471. The van der Waals surface area contributed by atoms with Gasteiger partial charge >= 0.3 is 0 Å². The molecule has 4 rings (SSSR count). The van der Waals surface area contributed by atoms with Crippen molar-refractivity contribution in [1.29, 1.82) is 0 Å². The van der Waals surface area contributed by atoms with Crippen molar-refractivity contribution >= 4 is 28.9 Å². The van der Waals surface area contributed by atoms with Crippen molar-refractivity contribution in [3.63, 3.8) is 0 Å². The van der Waals surface area contributed by atoms with Gasteiger partial charge < -0.3 is 15.5 Å². The van der Waals surface area contributed by atoms with Gasteiger partial charge in [-0.3, -0.25) is 9.79 Å². The van der Waals surface area contributed by atoms with E-state index in [1.165, 1.54) is 0 Å². The summed E-state index contributed by atoms with van der Waals surface area (Å²) in [4.78, 5) is 22.7. The van der Waals surface area contributed by atoms with E-state index in [1.54, 1.807) is 18.4 Å². The minimum Gasteiger partial charge on any atom is -0.352 e. The van der Waals surface area contributed by atoms with Crippen LogP contribution in [0, 0.1) is 0 Å². The molecule has 2 N–H and O–H groups in total. The molecular weight excluding hydrogens is 394 g/mol. The molecule has 1 amide bonds. The Morgan fingerprint density at radius 2 is 1.87 bits per heavy atom. The molecule has 1 aliphatic heterocycles. The van der Waals surface area contributed by atoms with Gasteiger partial charge in [0.1, 0.15) is 5.01 Å². The van der Waals surface area contributed by atoms with E-state index >= 15 is 0 Å². The van der Waals surface area contributed by atoms with E-state index in [0.29, 0.717) is 19.5 Å². The number of thiazole rings is 1. The first-order chi connectivity index (χ1) is 14.7. The fourth-order valence-corrected chi connectivity index (χ4v) is 4.22. The molecule has 30 heavy (non-hydrogen) atoms. The van der Waals surface area contributed by atoms with Crippen LogP contribution in [0.4, 0.5) is 5.69 Å². The number of aromatic nitrogens is 1. The molecule has 2 heterocycles. The van der Waals surface area contributed by atoms with Gasteiger partial charge in [-0.1, -0.05) is 42.5 Å². The Morgan fingerprint density at radius 1 is 1.10 bits per heavy atom. The van der Waals surface area contributed by atoms with Crippen molar-refractivity contribution < 1.29 is 4.79 Å². The molecule has 0 atom stereocenters. The van der Waals surface area contributed by atoms with Crippen molar-refractivity contribution in [3.05, 3.63) is 71.2 Å². The van der Waals surface area contributed by atoms with Gasteiger partial charge in [-0.15, -0.1) is 11.3 Å². The molecule has 0 unspecified atom stereocenters. The highest BCUT2D eigenvalue weighted by Crippen LogP contribution is 2.23. The molecule has 1 aliphatic rings. The molecule has 2 aromatic carbocycles. The third-order valence-electron chi connectivity index (χ3n) is 5.01. The second-order valence-corrected chi connectivity index (χ2v) is 7.96. The number of rotatable bonds is 6. The van der Waals surface area contributed by atoms with Crippen LogP contribution in [0.25, 0.3) is 10.6 Å². The van der Waals surface area contributed by atoms with E-state index in [4.69, 9.17) is 4.98 Å². The zero-order chi connectivity index (χ0) is 20.8. The minimum atomic E-state index is 0.211. The van der Waals surface area contributed by atoms with Crippen LogP contribution in [0.15, 0.2) is 65.0 Å². The van der Waals surface area contributed by atoms with Crippen LogP contribution in [0.3, 0.4) is 0 Å². The molecule has 154 valence electrons. The standard InChI is InChI=1S/C23H25N5OS/c1-24-23(26-15-19-16-30-22(27-19)18-6-3-2-4-7-18)25-14-17-9-11-20(12-10-17)28-13-5-8-21(28)29/h2-4,6-7,9-12,16H,5,8,13-15H2,1H3,(H2,24,25,26). The summed E-state index contributed by atoms with van der Waals surface area (Å²) in [6.07, 6.45) is 1.59. The smallest absolute Gasteiger partial charge is 0.227 e. The number of nitrogens with one attached hydrogen (secondary N) is 2. The number of benzene rings is 2. The number of carbonyl (C=O) groups excluding carboxylic acids is 1. The second kappa shape index (κ2) is 9.54. The van der Waals surface area contributed by atoms with Gasteiger partial charge in [0.2, 0.25) is 5.91 Å².